The first-order valence-corrected chi connectivity index (χ1v) is 9.19. The molecule has 0 saturated heterocycles. The maximum Gasteiger partial charge on any atom is 0.322 e. The molecule has 2 heterocycles. The van der Waals surface area contributed by atoms with Crippen LogP contribution in [0.4, 0.5) is 13.6 Å². The number of nitrogens with zero attached hydrogens (tertiary/aromatic N) is 2. The second kappa shape index (κ2) is 7.50. The maximum absolute atomic E-state index is 13.8. The number of carbonyl (C=O) groups excluding carboxylic acids is 2. The predicted molar refractivity (Wildman–Crippen MR) is 103 cm³/mol. The highest BCUT2D eigenvalue weighted by Gasteiger charge is 2.43. The van der Waals surface area contributed by atoms with E-state index in [9.17, 15) is 18.4 Å². The molecule has 148 valence electrons. The van der Waals surface area contributed by atoms with Gasteiger partial charge in [-0.2, -0.15) is 0 Å². The first-order chi connectivity index (χ1) is 14.0. The molecule has 0 saturated carbocycles. The molecule has 1 N–H and O–H groups in total. The normalized spacial score (nSPS) is 18.8. The fourth-order valence-corrected chi connectivity index (χ4v) is 3.74. The lowest BCUT2D eigenvalue weighted by atomic mass is 9.95. The third-order valence-electron chi connectivity index (χ3n) is 5.08. The highest BCUT2D eigenvalue weighted by molar-refractivity contribution is 6.01. The van der Waals surface area contributed by atoms with Crippen molar-refractivity contribution >= 4 is 11.9 Å². The number of urea groups is 1. The molecule has 1 atom stereocenters. The van der Waals surface area contributed by atoms with Crippen molar-refractivity contribution in [2.75, 3.05) is 13.1 Å². The van der Waals surface area contributed by atoms with Gasteiger partial charge in [0.15, 0.2) is 0 Å². The van der Waals surface area contributed by atoms with Gasteiger partial charge in [0.2, 0.25) is 0 Å². The van der Waals surface area contributed by atoms with Crippen LogP contribution in [0.1, 0.15) is 17.2 Å². The van der Waals surface area contributed by atoms with E-state index >= 15 is 0 Å². The van der Waals surface area contributed by atoms with Crippen LogP contribution in [0.25, 0.3) is 0 Å². The number of benzene rings is 2. The molecule has 2 aliphatic heterocycles. The summed E-state index contributed by atoms with van der Waals surface area (Å²) in [5.41, 5.74) is 2.27. The average molecular weight is 395 g/mol. The predicted octanol–water partition coefficient (Wildman–Crippen LogP) is 3.51. The Kier molecular flexibility index (Phi) is 4.88. The summed E-state index contributed by atoms with van der Waals surface area (Å²) in [6, 6.07) is 10.7. The Morgan fingerprint density at radius 3 is 2.55 bits per heavy atom. The van der Waals surface area contributed by atoms with E-state index in [1.165, 1.54) is 29.2 Å². The van der Waals surface area contributed by atoms with Crippen LogP contribution in [0.3, 0.4) is 0 Å². The minimum Gasteiger partial charge on any atom is -0.329 e. The van der Waals surface area contributed by atoms with Crippen LogP contribution >= 0.6 is 0 Å². The van der Waals surface area contributed by atoms with Gasteiger partial charge in [0.05, 0.1) is 23.9 Å². The zero-order valence-corrected chi connectivity index (χ0v) is 15.6. The Balaban J connectivity index is 1.70. The molecule has 0 fully saturated rings. The third kappa shape index (κ3) is 3.51. The molecule has 0 radical (unpaired) electrons. The second-order valence-corrected chi connectivity index (χ2v) is 6.98. The van der Waals surface area contributed by atoms with Crippen molar-refractivity contribution in [1.82, 2.24) is 15.1 Å². The first-order valence-electron chi connectivity index (χ1n) is 9.19. The summed E-state index contributed by atoms with van der Waals surface area (Å²) in [7, 11) is 0. The van der Waals surface area contributed by atoms with Gasteiger partial charge in [0, 0.05) is 13.1 Å². The lowest BCUT2D eigenvalue weighted by Crippen LogP contribution is -2.47. The second-order valence-electron chi connectivity index (χ2n) is 6.98. The molecule has 29 heavy (non-hydrogen) atoms. The molecule has 0 bridgehead atoms. The Morgan fingerprint density at radius 1 is 1.10 bits per heavy atom. The van der Waals surface area contributed by atoms with Gasteiger partial charge < -0.3 is 10.2 Å². The van der Waals surface area contributed by atoms with Gasteiger partial charge in [-0.05, 0) is 35.4 Å². The van der Waals surface area contributed by atoms with Crippen LogP contribution in [0, 0.1) is 11.6 Å². The Hall–Kier alpha value is -3.48. The molecular weight excluding hydrogens is 376 g/mol. The molecule has 0 aliphatic carbocycles. The van der Waals surface area contributed by atoms with Crippen LogP contribution < -0.4 is 5.32 Å². The van der Waals surface area contributed by atoms with Crippen LogP contribution in [0.15, 0.2) is 72.5 Å². The van der Waals surface area contributed by atoms with E-state index in [0.29, 0.717) is 16.8 Å². The minimum atomic E-state index is -0.736. The topological polar surface area (TPSA) is 52.7 Å². The Labute approximate surface area is 166 Å². The molecule has 0 unspecified atom stereocenters. The number of nitrogens with one attached hydrogen (secondary N) is 1. The smallest absolute Gasteiger partial charge is 0.322 e. The standard InChI is InChI=1S/C22H19F2N3O2/c1-2-10-27-18-13-26(12-14-6-8-16(23)9-7-14)21(28)19(18)20(25-22(27)29)15-4-3-5-17(24)11-15/h2-9,11,20H,1,10,12-13H2,(H,25,29)/t20-/m1/s1. The maximum atomic E-state index is 13.8. The molecule has 7 heteroatoms. The summed E-state index contributed by atoms with van der Waals surface area (Å²) in [5, 5.41) is 2.81. The number of carbonyl (C=O) groups is 2. The van der Waals surface area contributed by atoms with Crippen LogP contribution in [-0.4, -0.2) is 34.8 Å². The monoisotopic (exact) mass is 395 g/mol. The Bertz CT molecular complexity index is 1020. The molecule has 5 nitrogen and oxygen atoms in total. The van der Waals surface area contributed by atoms with Crippen LogP contribution in [-0.2, 0) is 11.3 Å². The van der Waals surface area contributed by atoms with E-state index in [0.717, 1.165) is 5.56 Å². The lowest BCUT2D eigenvalue weighted by Gasteiger charge is -2.33. The SMILES string of the molecule is C=CCN1C(=O)N[C@H](c2cccc(F)c2)C2=C1CN(Cc1ccc(F)cc1)C2=O. The first kappa shape index (κ1) is 18.9. The van der Waals surface area contributed by atoms with Crippen molar-refractivity contribution in [3.05, 3.63) is 95.2 Å². The molecule has 2 aromatic rings. The van der Waals surface area contributed by atoms with Gasteiger partial charge in [0.1, 0.15) is 11.6 Å². The van der Waals surface area contributed by atoms with Crippen LogP contribution in [0.2, 0.25) is 0 Å². The number of hydrogen-bond donors (Lipinski definition) is 1. The van der Waals surface area contributed by atoms with Crippen molar-refractivity contribution in [1.29, 1.82) is 0 Å². The number of hydrogen-bond acceptors (Lipinski definition) is 2. The van der Waals surface area contributed by atoms with E-state index in [1.54, 1.807) is 35.2 Å². The summed E-state index contributed by atoms with van der Waals surface area (Å²) >= 11 is 0. The number of rotatable bonds is 5. The van der Waals surface area contributed by atoms with Crippen molar-refractivity contribution in [3.8, 4) is 0 Å². The molecule has 0 spiro atoms. The number of amides is 3. The van der Waals surface area contributed by atoms with Crippen molar-refractivity contribution in [2.45, 2.75) is 12.6 Å². The zero-order valence-electron chi connectivity index (χ0n) is 15.6. The van der Waals surface area contributed by atoms with E-state index in [2.05, 4.69) is 11.9 Å². The highest BCUT2D eigenvalue weighted by Crippen LogP contribution is 2.36. The van der Waals surface area contributed by atoms with E-state index in [-0.39, 0.29) is 37.4 Å². The van der Waals surface area contributed by atoms with E-state index in [1.807, 2.05) is 0 Å². The van der Waals surface area contributed by atoms with Gasteiger partial charge in [-0.3, -0.25) is 9.69 Å². The largest absolute Gasteiger partial charge is 0.329 e. The summed E-state index contributed by atoms with van der Waals surface area (Å²) in [6.45, 7) is 4.44. The molecule has 4 rings (SSSR count). The highest BCUT2D eigenvalue weighted by atomic mass is 19.1. The van der Waals surface area contributed by atoms with Crippen molar-refractivity contribution in [2.24, 2.45) is 0 Å². The molecule has 2 aromatic carbocycles. The number of halogens is 2. The van der Waals surface area contributed by atoms with Crippen molar-refractivity contribution in [3.63, 3.8) is 0 Å². The van der Waals surface area contributed by atoms with Gasteiger partial charge >= 0.3 is 6.03 Å². The third-order valence-corrected chi connectivity index (χ3v) is 5.08. The lowest BCUT2D eigenvalue weighted by molar-refractivity contribution is -0.126. The molecule has 3 amide bonds. The summed E-state index contributed by atoms with van der Waals surface area (Å²) in [6.07, 6.45) is 1.58. The van der Waals surface area contributed by atoms with E-state index < -0.39 is 11.9 Å². The van der Waals surface area contributed by atoms with Gasteiger partial charge in [-0.15, -0.1) is 6.58 Å². The van der Waals surface area contributed by atoms with Gasteiger partial charge in [-0.1, -0.05) is 30.3 Å². The molecular formula is C22H19F2N3O2. The fraction of sp³-hybridized carbons (Fsp3) is 0.182. The summed E-state index contributed by atoms with van der Waals surface area (Å²) in [5.74, 6) is -1.04. The molecule has 0 aromatic heterocycles. The Morgan fingerprint density at radius 2 is 1.86 bits per heavy atom. The van der Waals surface area contributed by atoms with Crippen molar-refractivity contribution < 1.29 is 18.4 Å². The fourth-order valence-electron chi connectivity index (χ4n) is 3.74. The van der Waals surface area contributed by atoms with Crippen LogP contribution in [0.5, 0.6) is 0 Å². The van der Waals surface area contributed by atoms with Gasteiger partial charge in [-0.25, -0.2) is 13.6 Å². The van der Waals surface area contributed by atoms with Gasteiger partial charge in [0.25, 0.3) is 5.91 Å². The molecule has 2 aliphatic rings. The zero-order chi connectivity index (χ0) is 20.5. The quantitative estimate of drug-likeness (QED) is 0.788. The van der Waals surface area contributed by atoms with E-state index in [4.69, 9.17) is 0 Å². The summed E-state index contributed by atoms with van der Waals surface area (Å²) < 4.78 is 27.0. The average Bonchev–Trinajstić information content (AvgIpc) is 3.02. The minimum absolute atomic E-state index is 0.235. The summed E-state index contributed by atoms with van der Waals surface area (Å²) in [4.78, 5) is 29.0.